The second-order valence-electron chi connectivity index (χ2n) is 6.92. The van der Waals surface area contributed by atoms with Crippen LogP contribution in [-0.4, -0.2) is 57.2 Å². The third kappa shape index (κ3) is 6.87. The molecule has 0 spiro atoms. The lowest BCUT2D eigenvalue weighted by Gasteiger charge is -2.30. The summed E-state index contributed by atoms with van der Waals surface area (Å²) in [5.74, 6) is 2.71. The number of para-hydroxylation sites is 1. The number of rotatable bonds is 9. The van der Waals surface area contributed by atoms with Crippen LogP contribution >= 0.6 is 0 Å². The Morgan fingerprint density at radius 1 is 1.19 bits per heavy atom. The molecule has 5 heteroatoms. The van der Waals surface area contributed by atoms with Crippen LogP contribution in [0.3, 0.4) is 0 Å². The first kappa shape index (κ1) is 20.6. The van der Waals surface area contributed by atoms with Crippen LogP contribution < -0.4 is 15.4 Å². The molecule has 0 atom stereocenters. The van der Waals surface area contributed by atoms with E-state index in [4.69, 9.17) is 9.73 Å². The van der Waals surface area contributed by atoms with Crippen molar-refractivity contribution in [2.24, 2.45) is 10.9 Å². The molecule has 1 aliphatic rings. The number of ether oxygens (including phenoxy) is 1. The quantitative estimate of drug-likeness (QED) is 0.525. The summed E-state index contributed by atoms with van der Waals surface area (Å²) in [6.45, 7) is 10.7. The summed E-state index contributed by atoms with van der Waals surface area (Å²) in [6, 6.07) is 8.19. The number of methoxy groups -OCH3 is 1. The van der Waals surface area contributed by atoms with Gasteiger partial charge in [0.15, 0.2) is 5.96 Å². The van der Waals surface area contributed by atoms with E-state index in [1.165, 1.54) is 44.5 Å². The maximum Gasteiger partial charge on any atom is 0.191 e. The van der Waals surface area contributed by atoms with Crippen LogP contribution in [0.15, 0.2) is 29.3 Å². The highest BCUT2D eigenvalue weighted by Crippen LogP contribution is 2.20. The van der Waals surface area contributed by atoms with Crippen molar-refractivity contribution >= 4 is 5.96 Å². The molecular weight excluding hydrogens is 324 g/mol. The molecule has 0 saturated carbocycles. The Morgan fingerprint density at radius 3 is 2.65 bits per heavy atom. The number of likely N-dealkylation sites (tertiary alicyclic amines) is 1. The number of hydrogen-bond acceptors (Lipinski definition) is 3. The number of aliphatic imine (C=N–C) groups is 1. The molecule has 146 valence electrons. The zero-order valence-corrected chi connectivity index (χ0v) is 16.8. The van der Waals surface area contributed by atoms with Gasteiger partial charge in [-0.15, -0.1) is 0 Å². The first-order valence-electron chi connectivity index (χ1n) is 10.1. The average Bonchev–Trinajstić information content (AvgIpc) is 2.69. The zero-order chi connectivity index (χ0) is 18.6. The van der Waals surface area contributed by atoms with Gasteiger partial charge in [-0.05, 0) is 69.8 Å². The Morgan fingerprint density at radius 2 is 1.96 bits per heavy atom. The standard InChI is InChI=1S/C21H36N4O/c1-4-22-21(23-14-10-18-12-16-25(5-2)17-13-18)24-15-11-19-8-6-7-9-20(19)26-3/h6-9,18H,4-5,10-17H2,1-3H3,(H2,22,23,24). The largest absolute Gasteiger partial charge is 0.496 e. The van der Waals surface area contributed by atoms with Crippen LogP contribution in [0.5, 0.6) is 5.75 Å². The third-order valence-electron chi connectivity index (χ3n) is 5.19. The fourth-order valence-corrected chi connectivity index (χ4v) is 3.52. The molecule has 1 aliphatic heterocycles. The second kappa shape index (κ2) is 11.8. The van der Waals surface area contributed by atoms with Crippen molar-refractivity contribution in [2.45, 2.75) is 39.5 Å². The van der Waals surface area contributed by atoms with E-state index in [0.29, 0.717) is 0 Å². The van der Waals surface area contributed by atoms with Crippen molar-refractivity contribution < 1.29 is 4.74 Å². The Labute approximate surface area is 159 Å². The lowest BCUT2D eigenvalue weighted by molar-refractivity contribution is 0.188. The maximum absolute atomic E-state index is 5.42. The average molecular weight is 361 g/mol. The van der Waals surface area contributed by atoms with Crippen LogP contribution in [0, 0.1) is 5.92 Å². The van der Waals surface area contributed by atoms with Gasteiger partial charge in [-0.2, -0.15) is 0 Å². The number of guanidine groups is 1. The highest BCUT2D eigenvalue weighted by molar-refractivity contribution is 5.79. The number of benzene rings is 1. The second-order valence-corrected chi connectivity index (χ2v) is 6.92. The minimum Gasteiger partial charge on any atom is -0.496 e. The first-order valence-corrected chi connectivity index (χ1v) is 10.1. The molecule has 5 nitrogen and oxygen atoms in total. The molecule has 2 rings (SSSR count). The predicted octanol–water partition coefficient (Wildman–Crippen LogP) is 2.91. The summed E-state index contributed by atoms with van der Waals surface area (Å²) in [6.07, 6.45) is 4.76. The Hall–Kier alpha value is -1.75. The van der Waals surface area contributed by atoms with Crippen molar-refractivity contribution in [1.29, 1.82) is 0 Å². The van der Waals surface area contributed by atoms with Gasteiger partial charge < -0.3 is 20.3 Å². The minimum atomic E-state index is 0.831. The molecule has 1 aromatic carbocycles. The highest BCUT2D eigenvalue weighted by atomic mass is 16.5. The predicted molar refractivity (Wildman–Crippen MR) is 110 cm³/mol. The molecule has 2 N–H and O–H groups in total. The molecule has 1 saturated heterocycles. The molecule has 0 radical (unpaired) electrons. The van der Waals surface area contributed by atoms with Crippen molar-refractivity contribution in [3.8, 4) is 5.75 Å². The molecule has 1 heterocycles. The third-order valence-corrected chi connectivity index (χ3v) is 5.19. The molecule has 0 unspecified atom stereocenters. The van der Waals surface area contributed by atoms with E-state index >= 15 is 0 Å². The minimum absolute atomic E-state index is 0.831. The lowest BCUT2D eigenvalue weighted by Crippen LogP contribution is -2.38. The van der Waals surface area contributed by atoms with Crippen molar-refractivity contribution in [1.82, 2.24) is 15.5 Å². The van der Waals surface area contributed by atoms with E-state index in [1.807, 2.05) is 12.1 Å². The van der Waals surface area contributed by atoms with Gasteiger partial charge in [0.2, 0.25) is 0 Å². The normalized spacial score (nSPS) is 16.5. The van der Waals surface area contributed by atoms with Crippen LogP contribution in [-0.2, 0) is 6.42 Å². The topological polar surface area (TPSA) is 48.9 Å². The van der Waals surface area contributed by atoms with Crippen LogP contribution in [0.25, 0.3) is 0 Å². The van der Waals surface area contributed by atoms with E-state index in [9.17, 15) is 0 Å². The highest BCUT2D eigenvalue weighted by Gasteiger charge is 2.17. The monoisotopic (exact) mass is 360 g/mol. The molecule has 1 fully saturated rings. The van der Waals surface area contributed by atoms with E-state index < -0.39 is 0 Å². The SMILES string of the molecule is CCNC(=NCCC1CCN(CC)CC1)NCCc1ccccc1OC. The Balaban J connectivity index is 1.74. The van der Waals surface area contributed by atoms with Gasteiger partial charge in [0, 0.05) is 19.6 Å². The van der Waals surface area contributed by atoms with Gasteiger partial charge in [0.1, 0.15) is 5.75 Å². The lowest BCUT2D eigenvalue weighted by atomic mass is 9.94. The van der Waals surface area contributed by atoms with Gasteiger partial charge in [-0.1, -0.05) is 25.1 Å². The molecule has 0 bridgehead atoms. The number of nitrogens with zero attached hydrogens (tertiary/aromatic N) is 2. The molecule has 0 aliphatic carbocycles. The number of nitrogens with one attached hydrogen (secondary N) is 2. The summed E-state index contributed by atoms with van der Waals surface area (Å²) in [5, 5.41) is 6.80. The van der Waals surface area contributed by atoms with Gasteiger partial charge in [0.25, 0.3) is 0 Å². The van der Waals surface area contributed by atoms with E-state index in [1.54, 1.807) is 7.11 Å². The van der Waals surface area contributed by atoms with Crippen molar-refractivity contribution in [3.63, 3.8) is 0 Å². The van der Waals surface area contributed by atoms with Crippen molar-refractivity contribution in [3.05, 3.63) is 29.8 Å². The van der Waals surface area contributed by atoms with E-state index in [-0.39, 0.29) is 0 Å². The molecule has 26 heavy (non-hydrogen) atoms. The molecule has 1 aromatic rings. The summed E-state index contributed by atoms with van der Waals surface area (Å²) in [7, 11) is 1.72. The molecule has 0 aromatic heterocycles. The van der Waals surface area contributed by atoms with Gasteiger partial charge >= 0.3 is 0 Å². The van der Waals surface area contributed by atoms with Gasteiger partial charge in [-0.3, -0.25) is 4.99 Å². The Bertz CT molecular complexity index is 539. The fraction of sp³-hybridized carbons (Fsp3) is 0.667. The van der Waals surface area contributed by atoms with Crippen molar-refractivity contribution in [2.75, 3.05) is 46.4 Å². The zero-order valence-electron chi connectivity index (χ0n) is 16.8. The fourth-order valence-electron chi connectivity index (χ4n) is 3.52. The summed E-state index contributed by atoms with van der Waals surface area (Å²) >= 11 is 0. The first-order chi connectivity index (χ1) is 12.8. The summed E-state index contributed by atoms with van der Waals surface area (Å²) in [4.78, 5) is 7.31. The maximum atomic E-state index is 5.42. The summed E-state index contributed by atoms with van der Waals surface area (Å²) < 4.78 is 5.42. The van der Waals surface area contributed by atoms with Crippen LogP contribution in [0.1, 0.15) is 38.7 Å². The Kier molecular flexibility index (Phi) is 9.32. The molecular formula is C21H36N4O. The smallest absolute Gasteiger partial charge is 0.191 e. The van der Waals surface area contributed by atoms with Crippen LogP contribution in [0.4, 0.5) is 0 Å². The molecule has 0 amide bonds. The van der Waals surface area contributed by atoms with E-state index in [0.717, 1.165) is 43.7 Å². The van der Waals surface area contributed by atoms with Gasteiger partial charge in [-0.25, -0.2) is 0 Å². The van der Waals surface area contributed by atoms with Gasteiger partial charge in [0.05, 0.1) is 7.11 Å². The number of piperidine rings is 1. The summed E-state index contributed by atoms with van der Waals surface area (Å²) in [5.41, 5.74) is 1.22. The van der Waals surface area contributed by atoms with Crippen LogP contribution in [0.2, 0.25) is 0 Å². The number of hydrogen-bond donors (Lipinski definition) is 2. The van der Waals surface area contributed by atoms with E-state index in [2.05, 4.69) is 41.5 Å².